The van der Waals surface area contributed by atoms with Crippen LogP contribution in [0.2, 0.25) is 0 Å². The number of nitrogens with two attached hydrogens (primary N) is 1. The topological polar surface area (TPSA) is 38.5 Å². The van der Waals surface area contributed by atoms with Crippen LogP contribution in [0.4, 0.5) is 0 Å². The maximum Gasteiger partial charge on any atom is 0.0589 e. The van der Waals surface area contributed by atoms with Gasteiger partial charge < -0.3 is 15.4 Å². The largest absolute Gasteiger partial charge is 0.383 e. The minimum absolute atomic E-state index is 0.658. The first-order chi connectivity index (χ1) is 6.70. The Balaban J connectivity index is 3.39. The van der Waals surface area contributed by atoms with Crippen LogP contribution < -0.4 is 5.73 Å². The second kappa shape index (κ2) is 9.19. The third-order valence-corrected chi connectivity index (χ3v) is 2.25. The van der Waals surface area contributed by atoms with Crippen LogP contribution in [0.3, 0.4) is 0 Å². The van der Waals surface area contributed by atoms with E-state index in [9.17, 15) is 0 Å². The summed E-state index contributed by atoms with van der Waals surface area (Å²) in [7, 11) is 3.86. The monoisotopic (exact) mass is 200 g/mol. The number of rotatable bonds is 8. The Morgan fingerprint density at radius 2 is 2.14 bits per heavy atom. The fourth-order valence-electron chi connectivity index (χ4n) is 1.29. The highest BCUT2D eigenvalue weighted by Crippen LogP contribution is 2.03. The molecule has 0 atom stereocenters. The summed E-state index contributed by atoms with van der Waals surface area (Å²) in [5.41, 5.74) is 6.82. The Bertz CT molecular complexity index is 157. The van der Waals surface area contributed by atoms with Crippen molar-refractivity contribution in [3.63, 3.8) is 0 Å². The Kier molecular flexibility index (Phi) is 8.94. The summed E-state index contributed by atoms with van der Waals surface area (Å²) >= 11 is 0. The van der Waals surface area contributed by atoms with Gasteiger partial charge in [0.15, 0.2) is 0 Å². The zero-order chi connectivity index (χ0) is 10.8. The molecule has 2 N–H and O–H groups in total. The van der Waals surface area contributed by atoms with E-state index in [1.807, 2.05) is 0 Å². The van der Waals surface area contributed by atoms with E-state index in [0.717, 1.165) is 26.1 Å². The number of hydrogen-bond donors (Lipinski definition) is 1. The van der Waals surface area contributed by atoms with Crippen LogP contribution in [-0.2, 0) is 4.74 Å². The zero-order valence-corrected chi connectivity index (χ0v) is 9.75. The van der Waals surface area contributed by atoms with Crippen molar-refractivity contribution in [2.24, 2.45) is 5.73 Å². The molecule has 0 unspecified atom stereocenters. The average Bonchev–Trinajstić information content (AvgIpc) is 2.15. The Labute approximate surface area is 87.9 Å². The van der Waals surface area contributed by atoms with Crippen LogP contribution in [-0.4, -0.2) is 45.3 Å². The first kappa shape index (κ1) is 13.6. The smallest absolute Gasteiger partial charge is 0.0589 e. The number of hydrogen-bond acceptors (Lipinski definition) is 3. The summed E-state index contributed by atoms with van der Waals surface area (Å²) in [6.07, 6.45) is 4.44. The molecular formula is C11H24N2O. The van der Waals surface area contributed by atoms with Gasteiger partial charge in [-0.2, -0.15) is 0 Å². The summed E-state index contributed by atoms with van der Waals surface area (Å²) in [5.74, 6) is 0. The molecule has 14 heavy (non-hydrogen) atoms. The summed E-state index contributed by atoms with van der Waals surface area (Å²) in [6.45, 7) is 5.75. The lowest BCUT2D eigenvalue weighted by Crippen LogP contribution is -2.23. The number of nitrogens with zero attached hydrogens (tertiary/aromatic N) is 1. The summed E-state index contributed by atoms with van der Waals surface area (Å²) in [4.78, 5) is 2.29. The van der Waals surface area contributed by atoms with Crippen molar-refractivity contribution < 1.29 is 4.74 Å². The van der Waals surface area contributed by atoms with Gasteiger partial charge >= 0.3 is 0 Å². The van der Waals surface area contributed by atoms with Gasteiger partial charge in [-0.15, -0.1) is 0 Å². The van der Waals surface area contributed by atoms with Crippen LogP contribution in [0, 0.1) is 0 Å². The highest BCUT2D eigenvalue weighted by molar-refractivity contribution is 4.98. The van der Waals surface area contributed by atoms with Crippen molar-refractivity contribution in [3.8, 4) is 0 Å². The van der Waals surface area contributed by atoms with Gasteiger partial charge in [-0.1, -0.05) is 11.6 Å². The summed E-state index contributed by atoms with van der Waals surface area (Å²) in [6, 6.07) is 0. The third kappa shape index (κ3) is 8.23. The van der Waals surface area contributed by atoms with Gasteiger partial charge in [-0.25, -0.2) is 0 Å². The van der Waals surface area contributed by atoms with Gasteiger partial charge in [0, 0.05) is 20.2 Å². The molecule has 0 aromatic rings. The van der Waals surface area contributed by atoms with Crippen LogP contribution in [0.1, 0.15) is 19.8 Å². The minimum atomic E-state index is 0.658. The Morgan fingerprint density at radius 3 is 2.71 bits per heavy atom. The van der Waals surface area contributed by atoms with Crippen molar-refractivity contribution in [2.75, 3.05) is 40.4 Å². The number of ether oxygens (including phenoxy) is 1. The molecule has 0 spiro atoms. The van der Waals surface area contributed by atoms with Crippen molar-refractivity contribution >= 4 is 0 Å². The fourth-order valence-corrected chi connectivity index (χ4v) is 1.29. The normalized spacial score (nSPS) is 12.5. The van der Waals surface area contributed by atoms with Crippen LogP contribution in [0.25, 0.3) is 0 Å². The number of allylic oxidation sites excluding steroid dienone is 1. The summed E-state index contributed by atoms with van der Waals surface area (Å²) < 4.78 is 5.01. The molecule has 0 fully saturated rings. The van der Waals surface area contributed by atoms with Gasteiger partial charge in [0.05, 0.1) is 6.61 Å². The molecule has 0 saturated heterocycles. The zero-order valence-electron chi connectivity index (χ0n) is 9.75. The van der Waals surface area contributed by atoms with Gasteiger partial charge in [0.1, 0.15) is 0 Å². The molecule has 0 aliphatic rings. The lowest BCUT2D eigenvalue weighted by molar-refractivity contribution is 0.161. The number of likely N-dealkylation sites (N-methyl/N-ethyl adjacent to an activating group) is 1. The van der Waals surface area contributed by atoms with E-state index in [1.54, 1.807) is 7.11 Å². The van der Waals surface area contributed by atoms with E-state index < -0.39 is 0 Å². The Morgan fingerprint density at radius 1 is 1.43 bits per heavy atom. The highest BCUT2D eigenvalue weighted by Gasteiger charge is 1.97. The van der Waals surface area contributed by atoms with Crippen LogP contribution in [0.15, 0.2) is 11.6 Å². The molecule has 3 heteroatoms. The van der Waals surface area contributed by atoms with Crippen molar-refractivity contribution in [1.29, 1.82) is 0 Å². The van der Waals surface area contributed by atoms with Crippen molar-refractivity contribution in [2.45, 2.75) is 19.8 Å². The van der Waals surface area contributed by atoms with Gasteiger partial charge in [-0.3, -0.25) is 0 Å². The van der Waals surface area contributed by atoms with E-state index in [2.05, 4.69) is 24.9 Å². The minimum Gasteiger partial charge on any atom is -0.383 e. The molecule has 0 aliphatic heterocycles. The third-order valence-electron chi connectivity index (χ3n) is 2.25. The molecule has 0 aliphatic carbocycles. The van der Waals surface area contributed by atoms with Crippen molar-refractivity contribution in [1.82, 2.24) is 4.90 Å². The van der Waals surface area contributed by atoms with E-state index in [0.29, 0.717) is 6.54 Å². The molecule has 0 aromatic heterocycles. The molecule has 0 aromatic carbocycles. The first-order valence-electron chi connectivity index (χ1n) is 5.24. The van der Waals surface area contributed by atoms with Crippen LogP contribution >= 0.6 is 0 Å². The van der Waals surface area contributed by atoms with Gasteiger partial charge in [-0.05, 0) is 33.4 Å². The highest BCUT2D eigenvalue weighted by atomic mass is 16.5. The second-order valence-electron chi connectivity index (χ2n) is 3.69. The van der Waals surface area contributed by atoms with E-state index in [1.165, 1.54) is 12.0 Å². The average molecular weight is 200 g/mol. The number of methoxy groups -OCH3 is 1. The molecular weight excluding hydrogens is 176 g/mol. The SMILES string of the molecule is COCCN(C)CCC/C(C)=C\CN. The molecule has 0 rings (SSSR count). The molecule has 84 valence electrons. The van der Waals surface area contributed by atoms with E-state index in [4.69, 9.17) is 10.5 Å². The Hall–Kier alpha value is -0.380. The fraction of sp³-hybridized carbons (Fsp3) is 0.818. The van der Waals surface area contributed by atoms with E-state index in [-0.39, 0.29) is 0 Å². The standard InChI is InChI=1S/C11H24N2O/c1-11(6-7-12)5-4-8-13(2)9-10-14-3/h6H,4-5,7-10,12H2,1-3H3/b11-6-. The van der Waals surface area contributed by atoms with Gasteiger partial charge in [0.25, 0.3) is 0 Å². The molecule has 0 bridgehead atoms. The molecule has 3 nitrogen and oxygen atoms in total. The molecule has 0 amide bonds. The molecule has 0 saturated carbocycles. The van der Waals surface area contributed by atoms with Crippen molar-refractivity contribution in [3.05, 3.63) is 11.6 Å². The molecule has 0 heterocycles. The second-order valence-corrected chi connectivity index (χ2v) is 3.69. The first-order valence-corrected chi connectivity index (χ1v) is 5.24. The predicted octanol–water partition coefficient (Wildman–Crippen LogP) is 1.25. The quantitative estimate of drug-likeness (QED) is 0.599. The summed E-state index contributed by atoms with van der Waals surface area (Å²) in [5, 5.41) is 0. The van der Waals surface area contributed by atoms with Gasteiger partial charge in [0.2, 0.25) is 0 Å². The lowest BCUT2D eigenvalue weighted by atomic mass is 10.1. The lowest BCUT2D eigenvalue weighted by Gasteiger charge is -2.15. The van der Waals surface area contributed by atoms with Crippen LogP contribution in [0.5, 0.6) is 0 Å². The van der Waals surface area contributed by atoms with E-state index >= 15 is 0 Å². The molecule has 0 radical (unpaired) electrons. The predicted molar refractivity (Wildman–Crippen MR) is 61.4 cm³/mol. The maximum atomic E-state index is 5.42. The maximum absolute atomic E-state index is 5.42.